The van der Waals surface area contributed by atoms with E-state index in [-0.39, 0.29) is 18.8 Å². The van der Waals surface area contributed by atoms with Crippen LogP contribution in [0.5, 0.6) is 5.75 Å². The Kier molecular flexibility index (Phi) is 5.38. The predicted molar refractivity (Wildman–Crippen MR) is 92.7 cm³/mol. The number of benzene rings is 2. The molecule has 6 heteroatoms. The number of amides is 1. The Morgan fingerprint density at radius 2 is 1.88 bits per heavy atom. The number of carbonyl (C=O) groups excluding carboxylic acids is 1. The number of likely N-dealkylation sites (tertiary alicyclic amines) is 1. The van der Waals surface area contributed by atoms with Gasteiger partial charge in [0.05, 0.1) is 0 Å². The number of nitrogen functional groups attached to an aromatic ring is 1. The molecule has 0 aromatic heterocycles. The van der Waals surface area contributed by atoms with Gasteiger partial charge in [-0.1, -0.05) is 30.3 Å². The number of halogens is 1. The van der Waals surface area contributed by atoms with Crippen LogP contribution in [0.2, 0.25) is 0 Å². The first-order chi connectivity index (χ1) is 12.1. The number of anilines is 1. The van der Waals surface area contributed by atoms with E-state index >= 15 is 0 Å². The molecule has 1 aliphatic rings. The molecule has 2 N–H and O–H groups in total. The average molecular weight is 344 g/mol. The maximum Gasteiger partial charge on any atom is 0.410 e. The molecule has 0 saturated carbocycles. The standard InChI is InChI=1S/C19H21FN2O3/c20-15-10-16(21)12-18(11-15)25-17-6-8-22(9-7-17)19(23)24-13-14-4-2-1-3-5-14/h1-5,10-12,17H,6-9,13,21H2. The molecule has 0 aliphatic carbocycles. The van der Waals surface area contributed by atoms with Gasteiger partial charge in [0, 0.05) is 43.8 Å². The molecule has 1 heterocycles. The van der Waals surface area contributed by atoms with Crippen LogP contribution in [0.4, 0.5) is 14.9 Å². The number of hydrogen-bond acceptors (Lipinski definition) is 4. The van der Waals surface area contributed by atoms with Crippen molar-refractivity contribution < 1.29 is 18.7 Å². The van der Waals surface area contributed by atoms with Crippen molar-refractivity contribution >= 4 is 11.8 Å². The molecule has 1 saturated heterocycles. The van der Waals surface area contributed by atoms with Crippen molar-refractivity contribution in [3.63, 3.8) is 0 Å². The molecule has 25 heavy (non-hydrogen) atoms. The lowest BCUT2D eigenvalue weighted by Crippen LogP contribution is -2.42. The van der Waals surface area contributed by atoms with Crippen molar-refractivity contribution in [1.82, 2.24) is 4.90 Å². The van der Waals surface area contributed by atoms with Crippen molar-refractivity contribution in [2.24, 2.45) is 0 Å². The van der Waals surface area contributed by atoms with Crippen molar-refractivity contribution in [2.45, 2.75) is 25.6 Å². The van der Waals surface area contributed by atoms with E-state index in [9.17, 15) is 9.18 Å². The van der Waals surface area contributed by atoms with E-state index in [1.807, 2.05) is 30.3 Å². The molecule has 0 atom stereocenters. The Morgan fingerprint density at radius 3 is 2.56 bits per heavy atom. The van der Waals surface area contributed by atoms with Gasteiger partial charge < -0.3 is 20.1 Å². The molecule has 1 aliphatic heterocycles. The zero-order chi connectivity index (χ0) is 17.6. The van der Waals surface area contributed by atoms with Crippen LogP contribution in [0.3, 0.4) is 0 Å². The second-order valence-corrected chi connectivity index (χ2v) is 6.06. The van der Waals surface area contributed by atoms with E-state index in [1.54, 1.807) is 11.0 Å². The normalized spacial score (nSPS) is 15.0. The molecule has 2 aromatic rings. The molecular formula is C19H21FN2O3. The van der Waals surface area contributed by atoms with E-state index in [0.29, 0.717) is 37.4 Å². The smallest absolute Gasteiger partial charge is 0.410 e. The van der Waals surface area contributed by atoms with Crippen LogP contribution in [0.25, 0.3) is 0 Å². The highest BCUT2D eigenvalue weighted by molar-refractivity contribution is 5.67. The van der Waals surface area contributed by atoms with Crippen LogP contribution in [-0.2, 0) is 11.3 Å². The van der Waals surface area contributed by atoms with Gasteiger partial charge in [-0.15, -0.1) is 0 Å². The van der Waals surface area contributed by atoms with E-state index in [2.05, 4.69) is 0 Å². The monoisotopic (exact) mass is 344 g/mol. The number of ether oxygens (including phenoxy) is 2. The third-order valence-electron chi connectivity index (χ3n) is 4.10. The van der Waals surface area contributed by atoms with E-state index < -0.39 is 5.82 Å². The Labute approximate surface area is 146 Å². The van der Waals surface area contributed by atoms with Crippen LogP contribution in [0, 0.1) is 5.82 Å². The van der Waals surface area contributed by atoms with Crippen molar-refractivity contribution in [1.29, 1.82) is 0 Å². The Hall–Kier alpha value is -2.76. The molecule has 0 unspecified atom stereocenters. The largest absolute Gasteiger partial charge is 0.490 e. The Morgan fingerprint density at radius 1 is 1.16 bits per heavy atom. The summed E-state index contributed by atoms with van der Waals surface area (Å²) < 4.78 is 24.5. The third kappa shape index (κ3) is 4.86. The number of piperidine rings is 1. The van der Waals surface area contributed by atoms with Crippen molar-refractivity contribution in [3.8, 4) is 5.75 Å². The molecule has 0 radical (unpaired) electrons. The van der Waals surface area contributed by atoms with Gasteiger partial charge in [-0.3, -0.25) is 0 Å². The van der Waals surface area contributed by atoms with Gasteiger partial charge in [0.1, 0.15) is 24.3 Å². The molecule has 2 aromatic carbocycles. The van der Waals surface area contributed by atoms with Gasteiger partial charge >= 0.3 is 6.09 Å². The van der Waals surface area contributed by atoms with Gasteiger partial charge in [-0.2, -0.15) is 0 Å². The minimum absolute atomic E-state index is 0.0700. The quantitative estimate of drug-likeness (QED) is 0.861. The minimum Gasteiger partial charge on any atom is -0.490 e. The summed E-state index contributed by atoms with van der Waals surface area (Å²) in [5, 5.41) is 0. The average Bonchev–Trinajstić information content (AvgIpc) is 2.60. The molecular weight excluding hydrogens is 323 g/mol. The first-order valence-corrected chi connectivity index (χ1v) is 8.28. The zero-order valence-corrected chi connectivity index (χ0v) is 13.9. The number of nitrogens with zero attached hydrogens (tertiary/aromatic N) is 1. The number of rotatable bonds is 4. The molecule has 0 bridgehead atoms. The first-order valence-electron chi connectivity index (χ1n) is 8.28. The summed E-state index contributed by atoms with van der Waals surface area (Å²) in [4.78, 5) is 13.8. The van der Waals surface area contributed by atoms with Crippen LogP contribution >= 0.6 is 0 Å². The molecule has 3 rings (SSSR count). The first kappa shape index (κ1) is 17.1. The van der Waals surface area contributed by atoms with Crippen molar-refractivity contribution in [2.75, 3.05) is 18.8 Å². The molecule has 0 spiro atoms. The highest BCUT2D eigenvalue weighted by Gasteiger charge is 2.25. The van der Waals surface area contributed by atoms with Gasteiger partial charge in [-0.25, -0.2) is 9.18 Å². The summed E-state index contributed by atoms with van der Waals surface area (Å²) in [5.74, 6) is -0.000435. The SMILES string of the molecule is Nc1cc(F)cc(OC2CCN(C(=O)OCc3ccccc3)CC2)c1. The number of nitrogens with two attached hydrogens (primary N) is 1. The summed E-state index contributed by atoms with van der Waals surface area (Å²) in [5.41, 5.74) is 6.90. The van der Waals surface area contributed by atoms with Crippen LogP contribution < -0.4 is 10.5 Å². The Bertz CT molecular complexity index is 696. The van der Waals surface area contributed by atoms with E-state index in [1.165, 1.54) is 12.1 Å². The van der Waals surface area contributed by atoms with Gasteiger partial charge in [0.2, 0.25) is 0 Å². The molecule has 132 valence electrons. The Balaban J connectivity index is 1.45. The van der Waals surface area contributed by atoms with Crippen molar-refractivity contribution in [3.05, 3.63) is 59.9 Å². The minimum atomic E-state index is -0.420. The topological polar surface area (TPSA) is 64.8 Å². The zero-order valence-electron chi connectivity index (χ0n) is 13.9. The second kappa shape index (κ2) is 7.88. The van der Waals surface area contributed by atoms with E-state index in [4.69, 9.17) is 15.2 Å². The number of hydrogen-bond donors (Lipinski definition) is 1. The maximum atomic E-state index is 13.3. The number of carbonyl (C=O) groups is 1. The lowest BCUT2D eigenvalue weighted by molar-refractivity contribution is 0.0638. The van der Waals surface area contributed by atoms with E-state index in [0.717, 1.165) is 5.56 Å². The maximum absolute atomic E-state index is 13.3. The highest BCUT2D eigenvalue weighted by atomic mass is 19.1. The summed E-state index contributed by atoms with van der Waals surface area (Å²) >= 11 is 0. The molecule has 1 fully saturated rings. The lowest BCUT2D eigenvalue weighted by atomic mass is 10.1. The highest BCUT2D eigenvalue weighted by Crippen LogP contribution is 2.23. The fourth-order valence-corrected chi connectivity index (χ4v) is 2.81. The summed E-state index contributed by atoms with van der Waals surface area (Å²) in [7, 11) is 0. The van der Waals surface area contributed by atoms with Crippen LogP contribution in [0.1, 0.15) is 18.4 Å². The van der Waals surface area contributed by atoms with Gasteiger partial charge in [-0.05, 0) is 11.6 Å². The molecule has 1 amide bonds. The van der Waals surface area contributed by atoms with Crippen LogP contribution in [0.15, 0.2) is 48.5 Å². The lowest BCUT2D eigenvalue weighted by Gasteiger charge is -2.31. The van der Waals surface area contributed by atoms with Crippen LogP contribution in [-0.4, -0.2) is 30.2 Å². The predicted octanol–water partition coefficient (Wildman–Crippen LogP) is 3.59. The van der Waals surface area contributed by atoms with Gasteiger partial charge in [0.25, 0.3) is 0 Å². The fraction of sp³-hybridized carbons (Fsp3) is 0.316. The summed E-state index contributed by atoms with van der Waals surface area (Å²) in [6.07, 6.45) is 0.935. The molecule has 5 nitrogen and oxygen atoms in total. The summed E-state index contributed by atoms with van der Waals surface area (Å²) in [6.45, 7) is 1.35. The summed E-state index contributed by atoms with van der Waals surface area (Å²) in [6, 6.07) is 13.7. The second-order valence-electron chi connectivity index (χ2n) is 6.06. The third-order valence-corrected chi connectivity index (χ3v) is 4.10. The van der Waals surface area contributed by atoms with Gasteiger partial charge in [0.15, 0.2) is 0 Å². The fourth-order valence-electron chi connectivity index (χ4n) is 2.81.